The lowest BCUT2D eigenvalue weighted by molar-refractivity contribution is 0.0526. The normalized spacial score (nSPS) is 10.3. The zero-order chi connectivity index (χ0) is 17.0. The summed E-state index contributed by atoms with van der Waals surface area (Å²) in [7, 11) is 5.15. The molecule has 23 heavy (non-hydrogen) atoms. The van der Waals surface area contributed by atoms with Crippen LogP contribution in [-0.4, -0.2) is 43.7 Å². The monoisotopic (exact) mass is 335 g/mol. The highest BCUT2D eigenvalue weighted by Gasteiger charge is 2.19. The van der Waals surface area contributed by atoms with Gasteiger partial charge in [0.25, 0.3) is 0 Å². The minimum atomic E-state index is -0.458. The van der Waals surface area contributed by atoms with E-state index in [1.54, 1.807) is 51.2 Å². The van der Waals surface area contributed by atoms with E-state index in [9.17, 15) is 4.79 Å². The summed E-state index contributed by atoms with van der Waals surface area (Å²) < 4.78 is 10.4. The van der Waals surface area contributed by atoms with E-state index in [1.807, 2.05) is 0 Å². The van der Waals surface area contributed by atoms with Gasteiger partial charge in [-0.05, 0) is 25.1 Å². The van der Waals surface area contributed by atoms with Gasteiger partial charge < -0.3 is 14.4 Å². The molecule has 0 atom stereocenters. The van der Waals surface area contributed by atoms with Gasteiger partial charge in [-0.15, -0.1) is 0 Å². The average molecular weight is 336 g/mol. The molecule has 1 aromatic carbocycles. The standard InChI is InChI=1S/C16H18ClN3O3/c1-5-23-16(21)12-9-18-14(19-15(12)20(2)3)11-8-10(17)6-7-13(11)22-4/h6-9H,5H2,1-4H3. The number of ether oxygens (including phenoxy) is 2. The third kappa shape index (κ3) is 3.71. The van der Waals surface area contributed by atoms with Gasteiger partial charge in [0.05, 0.1) is 19.3 Å². The quantitative estimate of drug-likeness (QED) is 0.782. The van der Waals surface area contributed by atoms with Crippen LogP contribution in [-0.2, 0) is 4.74 Å². The Morgan fingerprint density at radius 2 is 2.09 bits per heavy atom. The molecule has 0 saturated heterocycles. The number of hydrogen-bond acceptors (Lipinski definition) is 6. The van der Waals surface area contributed by atoms with Gasteiger partial charge in [0, 0.05) is 25.3 Å². The van der Waals surface area contributed by atoms with Crippen molar-refractivity contribution in [1.82, 2.24) is 9.97 Å². The summed E-state index contributed by atoms with van der Waals surface area (Å²) in [6.45, 7) is 2.04. The topological polar surface area (TPSA) is 64.5 Å². The maximum atomic E-state index is 12.0. The Hall–Kier alpha value is -2.34. The van der Waals surface area contributed by atoms with Crippen molar-refractivity contribution < 1.29 is 14.3 Å². The van der Waals surface area contributed by atoms with Crippen molar-refractivity contribution >= 4 is 23.4 Å². The Morgan fingerprint density at radius 3 is 2.70 bits per heavy atom. The Kier molecular flexibility index (Phi) is 5.39. The first kappa shape index (κ1) is 17.0. The van der Waals surface area contributed by atoms with Gasteiger partial charge in [0.15, 0.2) is 5.82 Å². The highest BCUT2D eigenvalue weighted by atomic mass is 35.5. The fourth-order valence-corrected chi connectivity index (χ4v) is 2.22. The summed E-state index contributed by atoms with van der Waals surface area (Å²) >= 11 is 6.05. The lowest BCUT2D eigenvalue weighted by Gasteiger charge is -2.16. The second-order valence-electron chi connectivity index (χ2n) is 4.89. The molecule has 0 unspecified atom stereocenters. The Bertz CT molecular complexity index is 720. The largest absolute Gasteiger partial charge is 0.496 e. The lowest BCUT2D eigenvalue weighted by atomic mass is 10.1. The van der Waals surface area contributed by atoms with Gasteiger partial charge in [0.1, 0.15) is 17.1 Å². The van der Waals surface area contributed by atoms with Crippen LogP contribution in [0.3, 0.4) is 0 Å². The van der Waals surface area contributed by atoms with E-state index in [0.29, 0.717) is 33.5 Å². The van der Waals surface area contributed by atoms with Crippen LogP contribution in [0.1, 0.15) is 17.3 Å². The van der Waals surface area contributed by atoms with E-state index < -0.39 is 5.97 Å². The number of aromatic nitrogens is 2. The van der Waals surface area contributed by atoms with E-state index in [1.165, 1.54) is 6.20 Å². The molecule has 0 bridgehead atoms. The molecule has 0 fully saturated rings. The van der Waals surface area contributed by atoms with E-state index >= 15 is 0 Å². The number of halogens is 1. The van der Waals surface area contributed by atoms with Gasteiger partial charge >= 0.3 is 5.97 Å². The minimum Gasteiger partial charge on any atom is -0.496 e. The summed E-state index contributed by atoms with van der Waals surface area (Å²) in [6, 6.07) is 5.19. The summed E-state index contributed by atoms with van der Waals surface area (Å²) in [4.78, 5) is 22.5. The molecule has 7 heteroatoms. The first-order chi connectivity index (χ1) is 11.0. The fraction of sp³-hybridized carbons (Fsp3) is 0.312. The number of benzene rings is 1. The highest BCUT2D eigenvalue weighted by Crippen LogP contribution is 2.31. The van der Waals surface area contributed by atoms with Crippen LogP contribution in [0.4, 0.5) is 5.82 Å². The van der Waals surface area contributed by atoms with E-state index in [-0.39, 0.29) is 6.61 Å². The van der Waals surface area contributed by atoms with Crippen LogP contribution in [0.2, 0.25) is 5.02 Å². The fourth-order valence-electron chi connectivity index (χ4n) is 2.05. The highest BCUT2D eigenvalue weighted by molar-refractivity contribution is 6.30. The van der Waals surface area contributed by atoms with Crippen LogP contribution in [0.15, 0.2) is 24.4 Å². The van der Waals surface area contributed by atoms with Crippen molar-refractivity contribution in [1.29, 1.82) is 0 Å². The molecule has 0 saturated carbocycles. The molecule has 0 aliphatic carbocycles. The number of rotatable bonds is 5. The Labute approximate surface area is 140 Å². The predicted octanol–water partition coefficient (Wildman–Crippen LogP) is 3.05. The van der Waals surface area contributed by atoms with Crippen molar-refractivity contribution in [3.05, 3.63) is 35.0 Å². The molecule has 0 spiro atoms. The summed E-state index contributed by atoms with van der Waals surface area (Å²) in [6.07, 6.45) is 1.45. The molecule has 0 N–H and O–H groups in total. The van der Waals surface area contributed by atoms with E-state index in [0.717, 1.165) is 0 Å². The number of carbonyl (C=O) groups excluding carboxylic acids is 1. The summed E-state index contributed by atoms with van der Waals surface area (Å²) in [5, 5.41) is 0.547. The molecule has 0 amide bonds. The zero-order valence-corrected chi connectivity index (χ0v) is 14.2. The molecular weight excluding hydrogens is 318 g/mol. The van der Waals surface area contributed by atoms with Gasteiger partial charge in [-0.1, -0.05) is 11.6 Å². The SMILES string of the molecule is CCOC(=O)c1cnc(-c2cc(Cl)ccc2OC)nc1N(C)C. The maximum absolute atomic E-state index is 12.0. The number of esters is 1. The molecule has 0 aliphatic heterocycles. The van der Waals surface area contributed by atoms with Gasteiger partial charge in [-0.3, -0.25) is 0 Å². The minimum absolute atomic E-state index is 0.287. The van der Waals surface area contributed by atoms with Crippen molar-refractivity contribution in [2.24, 2.45) is 0 Å². The van der Waals surface area contributed by atoms with Gasteiger partial charge in [0.2, 0.25) is 0 Å². The number of nitrogens with zero attached hydrogens (tertiary/aromatic N) is 3. The summed E-state index contributed by atoms with van der Waals surface area (Å²) in [5.74, 6) is 1.03. The molecule has 122 valence electrons. The second-order valence-corrected chi connectivity index (χ2v) is 5.33. The Balaban J connectivity index is 2.56. The van der Waals surface area contributed by atoms with Crippen LogP contribution in [0.5, 0.6) is 5.75 Å². The summed E-state index contributed by atoms with van der Waals surface area (Å²) in [5.41, 5.74) is 0.958. The van der Waals surface area contributed by atoms with Crippen molar-refractivity contribution in [2.75, 3.05) is 32.7 Å². The Morgan fingerprint density at radius 1 is 1.35 bits per heavy atom. The van der Waals surface area contributed by atoms with Gasteiger partial charge in [-0.25, -0.2) is 14.8 Å². The first-order valence-corrected chi connectivity index (χ1v) is 7.41. The smallest absolute Gasteiger partial charge is 0.343 e. The molecule has 0 aliphatic rings. The third-order valence-electron chi connectivity index (χ3n) is 3.09. The predicted molar refractivity (Wildman–Crippen MR) is 89.3 cm³/mol. The number of hydrogen-bond donors (Lipinski definition) is 0. The van der Waals surface area contributed by atoms with E-state index in [4.69, 9.17) is 21.1 Å². The van der Waals surface area contributed by atoms with Crippen molar-refractivity contribution in [3.8, 4) is 17.1 Å². The van der Waals surface area contributed by atoms with Crippen LogP contribution < -0.4 is 9.64 Å². The van der Waals surface area contributed by atoms with Crippen LogP contribution in [0, 0.1) is 0 Å². The average Bonchev–Trinajstić information content (AvgIpc) is 2.54. The second kappa shape index (κ2) is 7.28. The molecule has 1 heterocycles. The third-order valence-corrected chi connectivity index (χ3v) is 3.33. The van der Waals surface area contributed by atoms with Gasteiger partial charge in [-0.2, -0.15) is 0 Å². The van der Waals surface area contributed by atoms with Crippen molar-refractivity contribution in [3.63, 3.8) is 0 Å². The molecule has 2 aromatic rings. The molecule has 0 radical (unpaired) electrons. The maximum Gasteiger partial charge on any atom is 0.343 e. The molecule has 1 aromatic heterocycles. The van der Waals surface area contributed by atoms with Crippen molar-refractivity contribution in [2.45, 2.75) is 6.92 Å². The van der Waals surface area contributed by atoms with Crippen LogP contribution >= 0.6 is 11.6 Å². The number of carbonyl (C=O) groups is 1. The zero-order valence-electron chi connectivity index (χ0n) is 13.5. The van der Waals surface area contributed by atoms with Crippen LogP contribution in [0.25, 0.3) is 11.4 Å². The number of methoxy groups -OCH3 is 1. The molecule has 6 nitrogen and oxygen atoms in total. The van der Waals surface area contributed by atoms with E-state index in [2.05, 4.69) is 9.97 Å². The molecular formula is C16H18ClN3O3. The lowest BCUT2D eigenvalue weighted by Crippen LogP contribution is -2.18. The first-order valence-electron chi connectivity index (χ1n) is 7.03. The number of anilines is 1. The molecule has 2 rings (SSSR count).